The van der Waals surface area contributed by atoms with Gasteiger partial charge in [-0.1, -0.05) is 12.1 Å². The first-order valence-electron chi connectivity index (χ1n) is 10.6. The molecule has 0 unspecified atom stereocenters. The molecule has 1 saturated heterocycles. The molecule has 2 aliphatic heterocycles. The maximum Gasteiger partial charge on any atom is 0.410 e. The second-order valence-corrected chi connectivity index (χ2v) is 10.5. The van der Waals surface area contributed by atoms with Gasteiger partial charge in [-0.05, 0) is 39.8 Å². The van der Waals surface area contributed by atoms with E-state index in [1.165, 1.54) is 6.07 Å². The molecule has 1 aromatic carbocycles. The third-order valence-electron chi connectivity index (χ3n) is 5.12. The number of sulfonamides is 1. The van der Waals surface area contributed by atoms with Crippen LogP contribution in [0.15, 0.2) is 34.2 Å². The summed E-state index contributed by atoms with van der Waals surface area (Å²) < 4.78 is 32.1. The monoisotopic (exact) mass is 465 g/mol. The van der Waals surface area contributed by atoms with Crippen molar-refractivity contribution in [1.82, 2.24) is 19.8 Å². The van der Waals surface area contributed by atoms with E-state index in [4.69, 9.17) is 4.74 Å². The van der Waals surface area contributed by atoms with E-state index in [0.717, 1.165) is 0 Å². The summed E-state index contributed by atoms with van der Waals surface area (Å²) in [7, 11) is -3.63. The Morgan fingerprint density at radius 3 is 2.50 bits per heavy atom. The molecule has 0 saturated carbocycles. The van der Waals surface area contributed by atoms with Gasteiger partial charge in [-0.25, -0.2) is 13.2 Å². The number of fused-ring (bicyclic) bond motifs is 1. The quantitative estimate of drug-likeness (QED) is 0.663. The van der Waals surface area contributed by atoms with E-state index < -0.39 is 21.7 Å². The molecule has 0 bridgehead atoms. The van der Waals surface area contributed by atoms with Crippen molar-refractivity contribution in [3.8, 4) is 0 Å². The molecular weight excluding hydrogens is 434 g/mol. The number of hydrogen-bond acceptors (Lipinski definition) is 7. The molecule has 0 aromatic heterocycles. The number of benzene rings is 1. The van der Waals surface area contributed by atoms with Crippen LogP contribution in [-0.4, -0.2) is 87.0 Å². The minimum absolute atomic E-state index is 0.164. The van der Waals surface area contributed by atoms with Crippen LogP contribution in [0.5, 0.6) is 0 Å². The second-order valence-electron chi connectivity index (χ2n) is 8.86. The smallest absolute Gasteiger partial charge is 0.410 e. The zero-order valence-corrected chi connectivity index (χ0v) is 19.7. The first kappa shape index (κ1) is 24.0. The van der Waals surface area contributed by atoms with Gasteiger partial charge in [-0.3, -0.25) is 19.4 Å². The van der Waals surface area contributed by atoms with Crippen molar-refractivity contribution in [2.45, 2.75) is 44.2 Å². The lowest BCUT2D eigenvalue weighted by molar-refractivity contribution is -0.121. The molecule has 1 fully saturated rings. The van der Waals surface area contributed by atoms with E-state index in [-0.39, 0.29) is 22.7 Å². The average Bonchev–Trinajstić information content (AvgIpc) is 2.97. The lowest BCUT2D eigenvalue weighted by Gasteiger charge is -2.35. The van der Waals surface area contributed by atoms with Crippen LogP contribution < -0.4 is 10.0 Å². The van der Waals surface area contributed by atoms with Crippen molar-refractivity contribution in [2.24, 2.45) is 4.99 Å². The predicted octanol–water partition coefficient (Wildman–Crippen LogP) is 0.783. The molecule has 2 aliphatic rings. The molecule has 0 aliphatic carbocycles. The Hall–Kier alpha value is -2.66. The van der Waals surface area contributed by atoms with E-state index in [9.17, 15) is 18.0 Å². The van der Waals surface area contributed by atoms with Crippen LogP contribution in [0.25, 0.3) is 0 Å². The van der Waals surface area contributed by atoms with Crippen molar-refractivity contribution < 1.29 is 22.7 Å². The van der Waals surface area contributed by atoms with E-state index in [0.29, 0.717) is 44.8 Å². The van der Waals surface area contributed by atoms with Gasteiger partial charge in [0.25, 0.3) is 10.0 Å². The largest absolute Gasteiger partial charge is 0.444 e. The molecule has 11 heteroatoms. The summed E-state index contributed by atoms with van der Waals surface area (Å²) in [5, 5.41) is 2.84. The summed E-state index contributed by atoms with van der Waals surface area (Å²) in [5.41, 5.74) is -0.0475. The van der Waals surface area contributed by atoms with Gasteiger partial charge in [0.2, 0.25) is 5.91 Å². The first-order chi connectivity index (χ1) is 15.0. The van der Waals surface area contributed by atoms with Gasteiger partial charge in [-0.2, -0.15) is 0 Å². The van der Waals surface area contributed by atoms with E-state index >= 15 is 0 Å². The highest BCUT2D eigenvalue weighted by Crippen LogP contribution is 2.22. The van der Waals surface area contributed by atoms with E-state index in [1.807, 2.05) is 20.8 Å². The molecule has 0 radical (unpaired) electrons. The Balaban J connectivity index is 1.44. The Morgan fingerprint density at radius 1 is 1.19 bits per heavy atom. The number of piperazine rings is 1. The molecule has 0 spiro atoms. The summed E-state index contributed by atoms with van der Waals surface area (Å²) in [6, 6.07) is 5.79. The number of rotatable bonds is 5. The topological polar surface area (TPSA) is 120 Å². The number of nitrogens with one attached hydrogen (secondary N) is 2. The minimum Gasteiger partial charge on any atom is -0.444 e. The van der Waals surface area contributed by atoms with E-state index in [1.54, 1.807) is 30.0 Å². The third kappa shape index (κ3) is 5.98. The maximum absolute atomic E-state index is 12.4. The molecule has 3 rings (SSSR count). The summed E-state index contributed by atoms with van der Waals surface area (Å²) in [5.74, 6) is -0.102. The molecule has 176 valence electrons. The fraction of sp³-hybridized carbons (Fsp3) is 0.571. The Kier molecular flexibility index (Phi) is 7.09. The average molecular weight is 466 g/mol. The minimum atomic E-state index is -3.63. The molecule has 10 nitrogen and oxygen atoms in total. The Labute approximate surface area is 189 Å². The van der Waals surface area contributed by atoms with Crippen LogP contribution in [0, 0.1) is 0 Å². The zero-order chi connectivity index (χ0) is 23.5. The molecule has 2 heterocycles. The highest BCUT2D eigenvalue weighted by molar-refractivity contribution is 7.90. The predicted molar refractivity (Wildman–Crippen MR) is 120 cm³/mol. The normalized spacial score (nSPS) is 20.4. The molecule has 2 amide bonds. The Bertz CT molecular complexity index is 994. The molecule has 1 atom stereocenters. The molecule has 32 heavy (non-hydrogen) atoms. The summed E-state index contributed by atoms with van der Waals surface area (Å²) in [6.07, 6.45) is -0.303. The van der Waals surface area contributed by atoms with E-state index in [2.05, 4.69) is 19.9 Å². The number of carbonyl (C=O) groups is 2. The number of ether oxygens (including phenoxy) is 1. The van der Waals surface area contributed by atoms with Gasteiger partial charge in [0, 0.05) is 44.8 Å². The highest BCUT2D eigenvalue weighted by atomic mass is 32.2. The third-order valence-corrected chi connectivity index (χ3v) is 6.51. The van der Waals surface area contributed by atoms with Crippen molar-refractivity contribution >= 4 is 27.9 Å². The van der Waals surface area contributed by atoms with Crippen molar-refractivity contribution in [3.63, 3.8) is 0 Å². The molecule has 1 aromatic rings. The maximum atomic E-state index is 12.4. The Morgan fingerprint density at radius 2 is 1.84 bits per heavy atom. The highest BCUT2D eigenvalue weighted by Gasteiger charge is 2.31. The lowest BCUT2D eigenvalue weighted by Crippen LogP contribution is -2.51. The van der Waals surface area contributed by atoms with Crippen LogP contribution in [0.1, 0.15) is 33.3 Å². The van der Waals surface area contributed by atoms with Gasteiger partial charge in [0.1, 0.15) is 17.5 Å². The number of aliphatic imine (C=N–C) groups is 1. The second kappa shape index (κ2) is 9.45. The van der Waals surface area contributed by atoms with Crippen LogP contribution >= 0.6 is 0 Å². The van der Waals surface area contributed by atoms with Crippen molar-refractivity contribution in [1.29, 1.82) is 0 Å². The lowest BCUT2D eigenvalue weighted by atomic mass is 10.2. The number of amidine groups is 1. The van der Waals surface area contributed by atoms with Gasteiger partial charge < -0.3 is 15.0 Å². The van der Waals surface area contributed by atoms with Crippen molar-refractivity contribution in [2.75, 3.05) is 39.3 Å². The van der Waals surface area contributed by atoms with Crippen LogP contribution in [-0.2, 0) is 19.6 Å². The molecule has 2 N–H and O–H groups in total. The number of amides is 2. The van der Waals surface area contributed by atoms with Crippen LogP contribution in [0.4, 0.5) is 4.79 Å². The zero-order valence-electron chi connectivity index (χ0n) is 18.9. The van der Waals surface area contributed by atoms with Crippen LogP contribution in [0.2, 0.25) is 0 Å². The van der Waals surface area contributed by atoms with Gasteiger partial charge in [-0.15, -0.1) is 0 Å². The fourth-order valence-electron chi connectivity index (χ4n) is 3.45. The molecular formula is C21H31N5O5S. The van der Waals surface area contributed by atoms with Crippen molar-refractivity contribution in [3.05, 3.63) is 29.8 Å². The van der Waals surface area contributed by atoms with Gasteiger partial charge in [0.05, 0.1) is 4.90 Å². The number of nitrogens with zero attached hydrogens (tertiary/aromatic N) is 3. The SMILES string of the molecule is C[C@H](N=C1NS(=O)(=O)c2ccccc21)C(=O)NCCN1CCN(C(=O)OC(C)(C)C)CC1. The summed E-state index contributed by atoms with van der Waals surface area (Å²) in [6.45, 7) is 10.8. The van der Waals surface area contributed by atoms with Gasteiger partial charge in [0.15, 0.2) is 0 Å². The standard InChI is InChI=1S/C21H31N5O5S/c1-15(23-18-16-7-5-6-8-17(16)32(29,30)24-18)19(27)22-9-10-25-11-13-26(14-12-25)20(28)31-21(2,3)4/h5-8,15H,9-14H2,1-4H3,(H,22,27)(H,23,24)/t15-/m0/s1. The number of hydrogen-bond donors (Lipinski definition) is 2. The first-order valence-corrected chi connectivity index (χ1v) is 12.1. The summed E-state index contributed by atoms with van der Waals surface area (Å²) in [4.78, 5) is 32.9. The fourth-order valence-corrected chi connectivity index (χ4v) is 4.69. The number of carbonyl (C=O) groups excluding carboxylic acids is 2. The summed E-state index contributed by atoms with van der Waals surface area (Å²) >= 11 is 0. The van der Waals surface area contributed by atoms with Gasteiger partial charge >= 0.3 is 6.09 Å². The van der Waals surface area contributed by atoms with Crippen LogP contribution in [0.3, 0.4) is 0 Å².